The molecule has 154 valence electrons. The van der Waals surface area contributed by atoms with Crippen molar-refractivity contribution in [3.05, 3.63) is 12.2 Å². The van der Waals surface area contributed by atoms with Crippen LogP contribution in [0.5, 0.6) is 0 Å². The number of guanidine groups is 1. The molecule has 28 heavy (non-hydrogen) atoms. The van der Waals surface area contributed by atoms with Gasteiger partial charge in [-0.1, -0.05) is 12.2 Å². The van der Waals surface area contributed by atoms with Crippen molar-refractivity contribution in [3.8, 4) is 0 Å². The average molecular weight is 390 g/mol. The molecule has 1 aliphatic heterocycles. The maximum absolute atomic E-state index is 12.7. The summed E-state index contributed by atoms with van der Waals surface area (Å²) in [6.07, 6.45) is 5.46. The van der Waals surface area contributed by atoms with Gasteiger partial charge in [-0.15, -0.1) is 0 Å². The first-order valence-electron chi connectivity index (χ1n) is 10.3. The number of fused-ring (bicyclic) bond motifs is 5. The van der Waals surface area contributed by atoms with Crippen molar-refractivity contribution in [2.75, 3.05) is 26.2 Å². The zero-order valence-corrected chi connectivity index (χ0v) is 16.9. The van der Waals surface area contributed by atoms with Crippen molar-refractivity contribution in [2.45, 2.75) is 39.7 Å². The molecule has 4 unspecified atom stereocenters. The molecule has 0 spiro atoms. The molecule has 8 heteroatoms. The normalized spacial score (nSPS) is 28.3. The standard InChI is InChI=1S/C20H31N5O3/c1-4-21-20(22-8-7-15(26)24-12(2)3)23-9-10-25-18(27)16-13-5-6-14(11-13)17(16)19(25)28/h5-6,12-14,16-17H,4,7-11H2,1-3H3,(H,24,26)(H2,21,22,23). The second-order valence-electron chi connectivity index (χ2n) is 7.99. The lowest BCUT2D eigenvalue weighted by atomic mass is 9.85. The maximum atomic E-state index is 12.7. The van der Waals surface area contributed by atoms with E-state index in [0.29, 0.717) is 38.6 Å². The van der Waals surface area contributed by atoms with E-state index in [2.05, 4.69) is 33.1 Å². The molecule has 2 fully saturated rings. The number of likely N-dealkylation sites (tertiary alicyclic amines) is 1. The molecule has 0 aromatic rings. The second kappa shape index (κ2) is 8.75. The molecular weight excluding hydrogens is 358 g/mol. The summed E-state index contributed by atoms with van der Waals surface area (Å²) < 4.78 is 0. The largest absolute Gasteiger partial charge is 0.357 e. The van der Waals surface area contributed by atoms with Gasteiger partial charge >= 0.3 is 0 Å². The maximum Gasteiger partial charge on any atom is 0.233 e. The van der Waals surface area contributed by atoms with Gasteiger partial charge in [0.05, 0.1) is 18.4 Å². The fraction of sp³-hybridized carbons (Fsp3) is 0.700. The van der Waals surface area contributed by atoms with Crippen LogP contribution in [0.3, 0.4) is 0 Å². The Bertz CT molecular complexity index is 657. The number of carbonyl (C=O) groups is 3. The molecule has 3 N–H and O–H groups in total. The average Bonchev–Trinajstić information content (AvgIpc) is 3.30. The van der Waals surface area contributed by atoms with Gasteiger partial charge in [-0.25, -0.2) is 0 Å². The van der Waals surface area contributed by atoms with Crippen LogP contribution in [0.2, 0.25) is 0 Å². The van der Waals surface area contributed by atoms with Gasteiger partial charge < -0.3 is 16.0 Å². The predicted molar refractivity (Wildman–Crippen MR) is 106 cm³/mol. The molecule has 0 aromatic carbocycles. The van der Waals surface area contributed by atoms with Gasteiger partial charge in [0.1, 0.15) is 0 Å². The molecule has 0 aromatic heterocycles. The first-order chi connectivity index (χ1) is 13.4. The lowest BCUT2D eigenvalue weighted by molar-refractivity contribution is -0.140. The second-order valence-corrected chi connectivity index (χ2v) is 7.99. The minimum atomic E-state index is -0.149. The Labute approximate surface area is 166 Å². The van der Waals surface area contributed by atoms with E-state index in [1.54, 1.807) is 0 Å². The van der Waals surface area contributed by atoms with E-state index in [1.807, 2.05) is 20.8 Å². The van der Waals surface area contributed by atoms with E-state index in [1.165, 1.54) is 4.90 Å². The molecule has 3 amide bonds. The van der Waals surface area contributed by atoms with E-state index in [0.717, 1.165) is 6.42 Å². The third kappa shape index (κ3) is 4.20. The quantitative estimate of drug-likeness (QED) is 0.239. The Morgan fingerprint density at radius 1 is 1.18 bits per heavy atom. The highest BCUT2D eigenvalue weighted by molar-refractivity contribution is 6.06. The fourth-order valence-electron chi connectivity index (χ4n) is 4.48. The third-order valence-corrected chi connectivity index (χ3v) is 5.59. The fourth-order valence-corrected chi connectivity index (χ4v) is 4.48. The highest BCUT2D eigenvalue weighted by Crippen LogP contribution is 2.52. The van der Waals surface area contributed by atoms with Gasteiger partial charge in [0, 0.05) is 32.1 Å². The van der Waals surface area contributed by atoms with Crippen LogP contribution < -0.4 is 16.0 Å². The van der Waals surface area contributed by atoms with Crippen LogP contribution in [0.15, 0.2) is 17.1 Å². The number of allylic oxidation sites excluding steroid dienone is 2. The smallest absolute Gasteiger partial charge is 0.233 e. The van der Waals surface area contributed by atoms with Gasteiger partial charge in [0.15, 0.2) is 5.96 Å². The third-order valence-electron chi connectivity index (χ3n) is 5.59. The van der Waals surface area contributed by atoms with E-state index in [9.17, 15) is 14.4 Å². The van der Waals surface area contributed by atoms with Gasteiger partial charge in [-0.05, 0) is 39.0 Å². The minimum Gasteiger partial charge on any atom is -0.357 e. The molecule has 0 radical (unpaired) electrons. The molecular formula is C20H31N5O3. The lowest BCUT2D eigenvalue weighted by Gasteiger charge is -2.18. The Morgan fingerprint density at radius 2 is 1.82 bits per heavy atom. The number of hydrogen-bond donors (Lipinski definition) is 3. The molecule has 1 saturated carbocycles. The summed E-state index contributed by atoms with van der Waals surface area (Å²) >= 11 is 0. The van der Waals surface area contributed by atoms with Crippen LogP contribution in [0, 0.1) is 23.7 Å². The summed E-state index contributed by atoms with van der Waals surface area (Å²) in [4.78, 5) is 42.9. The number of carbonyl (C=O) groups excluding carboxylic acids is 3. The number of aliphatic imine (C=N–C) groups is 1. The molecule has 2 aliphatic carbocycles. The number of imide groups is 1. The van der Waals surface area contributed by atoms with Crippen molar-refractivity contribution >= 4 is 23.7 Å². The zero-order chi connectivity index (χ0) is 20.3. The summed E-state index contributed by atoms with van der Waals surface area (Å²) in [5, 5.41) is 9.10. The first-order valence-corrected chi connectivity index (χ1v) is 10.3. The minimum absolute atomic E-state index is 0.0269. The molecule has 8 nitrogen and oxygen atoms in total. The number of amides is 3. The van der Waals surface area contributed by atoms with Crippen LogP contribution >= 0.6 is 0 Å². The SMILES string of the molecule is CCNC(=NCCC(=O)NC(C)C)NCCN1C(=O)C2C3C=CC(C3)C2C1=O. The molecule has 2 bridgehead atoms. The molecule has 1 heterocycles. The summed E-state index contributed by atoms with van der Waals surface area (Å²) in [6.45, 7) is 7.62. The monoisotopic (exact) mass is 389 g/mol. The van der Waals surface area contributed by atoms with Crippen LogP contribution in [-0.4, -0.2) is 60.8 Å². The molecule has 1 saturated heterocycles. The molecule has 3 rings (SSSR count). The number of nitrogens with one attached hydrogen (secondary N) is 3. The predicted octanol–water partition coefficient (Wildman–Crippen LogP) is 0.263. The Balaban J connectivity index is 1.47. The van der Waals surface area contributed by atoms with Crippen molar-refractivity contribution in [1.82, 2.24) is 20.9 Å². The van der Waals surface area contributed by atoms with Crippen molar-refractivity contribution in [3.63, 3.8) is 0 Å². The van der Waals surface area contributed by atoms with Crippen molar-refractivity contribution in [2.24, 2.45) is 28.7 Å². The van der Waals surface area contributed by atoms with E-state index in [4.69, 9.17) is 0 Å². The van der Waals surface area contributed by atoms with Gasteiger partial charge in [-0.2, -0.15) is 0 Å². The summed E-state index contributed by atoms with van der Waals surface area (Å²) in [5.41, 5.74) is 0. The van der Waals surface area contributed by atoms with E-state index in [-0.39, 0.29) is 47.4 Å². The highest BCUT2D eigenvalue weighted by Gasteiger charge is 2.58. The number of nitrogens with zero attached hydrogens (tertiary/aromatic N) is 2. The van der Waals surface area contributed by atoms with Crippen LogP contribution in [0.4, 0.5) is 0 Å². The Kier molecular flexibility index (Phi) is 6.36. The summed E-state index contributed by atoms with van der Waals surface area (Å²) in [7, 11) is 0. The van der Waals surface area contributed by atoms with Crippen LogP contribution in [0.1, 0.15) is 33.6 Å². The lowest BCUT2D eigenvalue weighted by Crippen LogP contribution is -2.43. The molecule has 4 atom stereocenters. The zero-order valence-electron chi connectivity index (χ0n) is 16.9. The highest BCUT2D eigenvalue weighted by atomic mass is 16.2. The topological polar surface area (TPSA) is 103 Å². The number of hydrogen-bond acceptors (Lipinski definition) is 4. The summed E-state index contributed by atoms with van der Waals surface area (Å²) in [6, 6.07) is 0.114. The first kappa shape index (κ1) is 20.4. The van der Waals surface area contributed by atoms with Gasteiger partial charge in [0.2, 0.25) is 17.7 Å². The Morgan fingerprint density at radius 3 is 2.39 bits per heavy atom. The number of rotatable bonds is 8. The van der Waals surface area contributed by atoms with E-state index >= 15 is 0 Å². The van der Waals surface area contributed by atoms with Gasteiger partial charge in [-0.3, -0.25) is 24.3 Å². The van der Waals surface area contributed by atoms with Gasteiger partial charge in [0.25, 0.3) is 0 Å². The Hall–Kier alpha value is -2.38. The van der Waals surface area contributed by atoms with Crippen molar-refractivity contribution in [1.29, 1.82) is 0 Å². The molecule has 3 aliphatic rings. The van der Waals surface area contributed by atoms with E-state index < -0.39 is 0 Å². The van der Waals surface area contributed by atoms with Crippen molar-refractivity contribution < 1.29 is 14.4 Å². The van der Waals surface area contributed by atoms with Crippen LogP contribution in [0.25, 0.3) is 0 Å². The van der Waals surface area contributed by atoms with Crippen LogP contribution in [-0.2, 0) is 14.4 Å². The summed E-state index contributed by atoms with van der Waals surface area (Å²) in [5.74, 6) is 0.675.